The minimum Gasteiger partial charge on any atom is -0.380 e. The Bertz CT molecular complexity index is 1420. The van der Waals surface area contributed by atoms with Crippen LogP contribution < -0.4 is 10.6 Å². The number of hydrogen-bond acceptors (Lipinski definition) is 8. The molecule has 4 saturated heterocycles. The van der Waals surface area contributed by atoms with Gasteiger partial charge in [0.1, 0.15) is 6.04 Å². The van der Waals surface area contributed by atoms with Gasteiger partial charge in [0.05, 0.1) is 23.3 Å². The fourth-order valence-corrected chi connectivity index (χ4v) is 6.99. The summed E-state index contributed by atoms with van der Waals surface area (Å²) in [5.74, 6) is -2.01. The molecule has 7 rings (SSSR count). The summed E-state index contributed by atoms with van der Waals surface area (Å²) in [6, 6.07) is 11.2. The van der Waals surface area contributed by atoms with Crippen LogP contribution in [0.25, 0.3) is 0 Å². The predicted octanol–water partition coefficient (Wildman–Crippen LogP) is 2.06. The van der Waals surface area contributed by atoms with Gasteiger partial charge >= 0.3 is 0 Å². The van der Waals surface area contributed by atoms with Crippen molar-refractivity contribution in [2.24, 2.45) is 0 Å². The molecule has 0 radical (unpaired) electrons. The van der Waals surface area contributed by atoms with Crippen LogP contribution in [0, 0.1) is 6.92 Å². The van der Waals surface area contributed by atoms with E-state index in [1.54, 1.807) is 18.2 Å². The number of aryl methyl sites for hydroxylation is 1. The van der Waals surface area contributed by atoms with Crippen LogP contribution in [0.15, 0.2) is 36.4 Å². The standard InChI is InChI=1S/C31H35N5O5/c1-18-11-19(5-6-20(18)13-34-14-21(15-34)35-16-22-7-8-23(17-35)41-22)12-32-25-4-2-3-24-28(25)31(40)36(30(24)39)26-9-10-27(37)33-29(26)38/h2-6,11,21-23,26,32H,7-10,12-17H2,1H3,(H,33,37,38). The summed E-state index contributed by atoms with van der Waals surface area (Å²) in [5, 5.41) is 5.58. The number of fused-ring (bicyclic) bond motifs is 3. The van der Waals surface area contributed by atoms with E-state index in [0.717, 1.165) is 43.2 Å². The van der Waals surface area contributed by atoms with Gasteiger partial charge in [0, 0.05) is 57.4 Å². The van der Waals surface area contributed by atoms with Gasteiger partial charge in [-0.25, -0.2) is 0 Å². The second kappa shape index (κ2) is 10.3. The number of nitrogens with zero attached hydrogens (tertiary/aromatic N) is 3. The Kier molecular flexibility index (Phi) is 6.64. The Labute approximate surface area is 239 Å². The van der Waals surface area contributed by atoms with E-state index in [-0.39, 0.29) is 29.9 Å². The molecular formula is C31H35N5O5. The molecule has 10 heteroatoms. The Hall–Kier alpha value is -3.60. The molecule has 5 aliphatic rings. The van der Waals surface area contributed by atoms with E-state index in [0.29, 0.717) is 30.5 Å². The van der Waals surface area contributed by atoms with E-state index < -0.39 is 23.8 Å². The average molecular weight is 558 g/mol. The zero-order chi connectivity index (χ0) is 28.2. The molecule has 3 atom stereocenters. The van der Waals surface area contributed by atoms with Crippen molar-refractivity contribution in [3.8, 4) is 0 Å². The van der Waals surface area contributed by atoms with Gasteiger partial charge in [-0.2, -0.15) is 0 Å². The van der Waals surface area contributed by atoms with Crippen LogP contribution in [0.1, 0.15) is 63.1 Å². The van der Waals surface area contributed by atoms with Crippen LogP contribution in [0.4, 0.5) is 5.69 Å². The Morgan fingerprint density at radius 3 is 2.46 bits per heavy atom. The van der Waals surface area contributed by atoms with Gasteiger partial charge in [-0.1, -0.05) is 24.3 Å². The Balaban J connectivity index is 0.970. The topological polar surface area (TPSA) is 111 Å². The molecule has 0 aliphatic carbocycles. The molecule has 4 amide bonds. The van der Waals surface area contributed by atoms with Crippen molar-refractivity contribution in [2.75, 3.05) is 31.5 Å². The number of nitrogens with one attached hydrogen (secondary N) is 2. The lowest BCUT2D eigenvalue weighted by atomic mass is 10.0. The molecule has 4 fully saturated rings. The Morgan fingerprint density at radius 2 is 1.73 bits per heavy atom. The monoisotopic (exact) mass is 557 g/mol. The molecule has 5 heterocycles. The third-order valence-electron chi connectivity index (χ3n) is 9.28. The third kappa shape index (κ3) is 4.83. The smallest absolute Gasteiger partial charge is 0.264 e. The number of imide groups is 2. The fourth-order valence-electron chi connectivity index (χ4n) is 6.99. The number of likely N-dealkylation sites (tertiary alicyclic amines) is 2. The molecule has 41 heavy (non-hydrogen) atoms. The first-order valence-electron chi connectivity index (χ1n) is 14.6. The number of amides is 4. The number of carbonyl (C=O) groups excluding carboxylic acids is 4. The highest BCUT2D eigenvalue weighted by Crippen LogP contribution is 2.33. The number of rotatable bonds is 7. The zero-order valence-corrected chi connectivity index (χ0v) is 23.2. The van der Waals surface area contributed by atoms with Gasteiger partial charge in [-0.15, -0.1) is 0 Å². The number of piperidine rings is 1. The van der Waals surface area contributed by atoms with E-state index in [2.05, 4.69) is 45.6 Å². The van der Waals surface area contributed by atoms with Gasteiger partial charge in [0.15, 0.2) is 0 Å². The van der Waals surface area contributed by atoms with Crippen molar-refractivity contribution < 1.29 is 23.9 Å². The van der Waals surface area contributed by atoms with Crippen LogP contribution in [0.3, 0.4) is 0 Å². The second-order valence-electron chi connectivity index (χ2n) is 12.0. The maximum absolute atomic E-state index is 13.3. The first-order chi connectivity index (χ1) is 19.8. The number of hydrogen-bond donors (Lipinski definition) is 2. The fraction of sp³-hybridized carbons (Fsp3) is 0.484. The SMILES string of the molecule is Cc1cc(CNc2cccc3c2C(=O)N(C2CCC(=O)NC2=O)C3=O)ccc1CN1CC(N2CC3CCC(C2)O3)C1. The molecule has 0 saturated carbocycles. The normalized spacial score (nSPS) is 26.8. The van der Waals surface area contributed by atoms with Crippen LogP contribution in [-0.4, -0.2) is 88.8 Å². The van der Waals surface area contributed by atoms with Crippen molar-refractivity contribution >= 4 is 29.3 Å². The van der Waals surface area contributed by atoms with Gasteiger partial charge < -0.3 is 10.1 Å². The van der Waals surface area contributed by atoms with Crippen molar-refractivity contribution in [1.82, 2.24) is 20.0 Å². The maximum Gasteiger partial charge on any atom is 0.264 e. The lowest BCUT2D eigenvalue weighted by Crippen LogP contribution is -2.62. The van der Waals surface area contributed by atoms with Crippen molar-refractivity contribution in [3.63, 3.8) is 0 Å². The molecule has 2 bridgehead atoms. The first kappa shape index (κ1) is 26.3. The van der Waals surface area contributed by atoms with E-state index in [1.165, 1.54) is 24.0 Å². The molecule has 5 aliphatic heterocycles. The number of ether oxygens (including phenoxy) is 1. The van der Waals surface area contributed by atoms with E-state index in [9.17, 15) is 19.2 Å². The summed E-state index contributed by atoms with van der Waals surface area (Å²) in [5.41, 5.74) is 4.72. The highest BCUT2D eigenvalue weighted by Gasteiger charge is 2.45. The number of carbonyl (C=O) groups is 4. The quantitative estimate of drug-likeness (QED) is 0.498. The number of morpholine rings is 1. The van der Waals surface area contributed by atoms with Crippen molar-refractivity contribution in [3.05, 3.63) is 64.2 Å². The molecule has 0 spiro atoms. The summed E-state index contributed by atoms with van der Waals surface area (Å²) in [4.78, 5) is 56.5. The molecule has 10 nitrogen and oxygen atoms in total. The summed E-state index contributed by atoms with van der Waals surface area (Å²) >= 11 is 0. The van der Waals surface area contributed by atoms with Crippen molar-refractivity contribution in [1.29, 1.82) is 0 Å². The van der Waals surface area contributed by atoms with E-state index >= 15 is 0 Å². The second-order valence-corrected chi connectivity index (χ2v) is 12.0. The molecule has 0 aromatic heterocycles. The zero-order valence-electron chi connectivity index (χ0n) is 23.2. The van der Waals surface area contributed by atoms with Gasteiger partial charge in [-0.05, 0) is 55.0 Å². The van der Waals surface area contributed by atoms with Gasteiger partial charge in [0.2, 0.25) is 11.8 Å². The number of anilines is 1. The predicted molar refractivity (Wildman–Crippen MR) is 150 cm³/mol. The summed E-state index contributed by atoms with van der Waals surface area (Å²) in [7, 11) is 0. The van der Waals surface area contributed by atoms with Crippen molar-refractivity contribution in [2.45, 2.75) is 70.0 Å². The van der Waals surface area contributed by atoms with E-state index in [1.807, 2.05) is 0 Å². The molecule has 2 N–H and O–H groups in total. The Morgan fingerprint density at radius 1 is 0.951 bits per heavy atom. The van der Waals surface area contributed by atoms with Gasteiger partial charge in [-0.3, -0.25) is 39.2 Å². The lowest BCUT2D eigenvalue weighted by molar-refractivity contribution is -0.136. The van der Waals surface area contributed by atoms with E-state index in [4.69, 9.17) is 4.74 Å². The van der Waals surface area contributed by atoms with Gasteiger partial charge in [0.25, 0.3) is 11.8 Å². The number of benzene rings is 2. The van der Waals surface area contributed by atoms with Crippen LogP contribution >= 0.6 is 0 Å². The first-order valence-corrected chi connectivity index (χ1v) is 14.6. The van der Waals surface area contributed by atoms with Crippen LogP contribution in [0.5, 0.6) is 0 Å². The summed E-state index contributed by atoms with van der Waals surface area (Å²) < 4.78 is 5.99. The molecule has 214 valence electrons. The average Bonchev–Trinajstić information content (AvgIpc) is 3.40. The molecule has 2 aromatic carbocycles. The maximum atomic E-state index is 13.3. The third-order valence-corrected chi connectivity index (χ3v) is 9.28. The molecule has 3 unspecified atom stereocenters. The summed E-state index contributed by atoms with van der Waals surface area (Å²) in [6.45, 7) is 7.92. The largest absolute Gasteiger partial charge is 0.380 e. The highest BCUT2D eigenvalue weighted by molar-refractivity contribution is 6.25. The summed E-state index contributed by atoms with van der Waals surface area (Å²) in [6.07, 6.45) is 3.52. The molecular weight excluding hydrogens is 522 g/mol. The lowest BCUT2D eigenvalue weighted by Gasteiger charge is -2.48. The minimum absolute atomic E-state index is 0.0946. The van der Waals surface area contributed by atoms with Crippen LogP contribution in [0.2, 0.25) is 0 Å². The highest BCUT2D eigenvalue weighted by atomic mass is 16.5. The molecule has 2 aromatic rings. The minimum atomic E-state index is -0.978. The van der Waals surface area contributed by atoms with Crippen LogP contribution in [-0.2, 0) is 27.4 Å².